The lowest BCUT2D eigenvalue weighted by Gasteiger charge is -2.38. The van der Waals surface area contributed by atoms with E-state index >= 15 is 0 Å². The average Bonchev–Trinajstić information content (AvgIpc) is 2.92. The van der Waals surface area contributed by atoms with Gasteiger partial charge in [0.2, 0.25) is 5.95 Å². The Morgan fingerprint density at radius 1 is 1.42 bits per heavy atom. The van der Waals surface area contributed by atoms with Gasteiger partial charge in [0.25, 0.3) is 0 Å². The van der Waals surface area contributed by atoms with E-state index in [-0.39, 0.29) is 24.1 Å². The van der Waals surface area contributed by atoms with Crippen LogP contribution in [-0.4, -0.2) is 33.6 Å². The minimum Gasteiger partial charge on any atom is -0.481 e. The summed E-state index contributed by atoms with van der Waals surface area (Å²) >= 11 is 1.18. The van der Waals surface area contributed by atoms with Gasteiger partial charge in [-0.05, 0) is 25.5 Å². The molecular formula is C15H14F3N3O2S. The predicted molar refractivity (Wildman–Crippen MR) is 83.1 cm³/mol. The number of hydrogen-bond donors (Lipinski definition) is 1. The van der Waals surface area contributed by atoms with Gasteiger partial charge in [0.05, 0.1) is 12.1 Å². The van der Waals surface area contributed by atoms with Crippen LogP contribution < -0.4 is 4.90 Å². The molecule has 3 rings (SSSR count). The van der Waals surface area contributed by atoms with Crippen molar-refractivity contribution >= 4 is 23.3 Å². The number of hydrogen-bond acceptors (Lipinski definition) is 5. The van der Waals surface area contributed by atoms with Crippen molar-refractivity contribution in [2.24, 2.45) is 0 Å². The molecule has 1 fully saturated rings. The highest BCUT2D eigenvalue weighted by Crippen LogP contribution is 2.34. The van der Waals surface area contributed by atoms with Crippen LogP contribution in [0.3, 0.4) is 0 Å². The first-order valence-electron chi connectivity index (χ1n) is 7.26. The highest BCUT2D eigenvalue weighted by atomic mass is 32.1. The number of thiophene rings is 1. The van der Waals surface area contributed by atoms with Gasteiger partial charge in [-0.15, -0.1) is 11.3 Å². The SMILES string of the molecule is C[C@H]1CCN1c1nc(-c2csc(CC(=O)O)c2)cc(C(F)(F)F)n1. The van der Waals surface area contributed by atoms with E-state index in [2.05, 4.69) is 9.97 Å². The zero-order valence-corrected chi connectivity index (χ0v) is 13.5. The molecule has 0 aromatic carbocycles. The van der Waals surface area contributed by atoms with Crippen LogP contribution in [0.15, 0.2) is 17.5 Å². The zero-order chi connectivity index (χ0) is 17.5. The molecule has 9 heteroatoms. The van der Waals surface area contributed by atoms with Crippen molar-refractivity contribution in [2.45, 2.75) is 32.0 Å². The first kappa shape index (κ1) is 16.7. The van der Waals surface area contributed by atoms with Crippen molar-refractivity contribution in [1.29, 1.82) is 0 Å². The van der Waals surface area contributed by atoms with Crippen molar-refractivity contribution in [3.05, 3.63) is 28.1 Å². The molecule has 0 amide bonds. The van der Waals surface area contributed by atoms with Gasteiger partial charge in [0, 0.05) is 28.4 Å². The van der Waals surface area contributed by atoms with E-state index in [4.69, 9.17) is 5.11 Å². The standard InChI is InChI=1S/C15H14F3N3O2S/c1-8-2-3-21(8)14-19-11(6-12(20-14)15(16,17)18)9-4-10(24-7-9)5-13(22)23/h4,6-8H,2-3,5H2,1H3,(H,22,23)/t8-/m0/s1. The third-order valence-electron chi connectivity index (χ3n) is 3.86. The van der Waals surface area contributed by atoms with E-state index < -0.39 is 17.8 Å². The Bertz CT molecular complexity index is 776. The lowest BCUT2D eigenvalue weighted by atomic mass is 10.1. The number of carboxylic acids is 1. The van der Waals surface area contributed by atoms with Crippen LogP contribution in [0.4, 0.5) is 19.1 Å². The molecule has 0 aliphatic carbocycles. The normalized spacial score (nSPS) is 17.7. The van der Waals surface area contributed by atoms with Gasteiger partial charge >= 0.3 is 12.1 Å². The van der Waals surface area contributed by atoms with Gasteiger partial charge in [-0.25, -0.2) is 9.97 Å². The number of alkyl halides is 3. The number of aromatic nitrogens is 2. The summed E-state index contributed by atoms with van der Waals surface area (Å²) in [6.07, 6.45) is -3.85. The fraction of sp³-hybridized carbons (Fsp3) is 0.400. The van der Waals surface area contributed by atoms with Crippen molar-refractivity contribution in [2.75, 3.05) is 11.4 Å². The molecule has 1 saturated heterocycles. The summed E-state index contributed by atoms with van der Waals surface area (Å²) in [5, 5.41) is 10.4. The molecule has 0 bridgehead atoms. The Kier molecular flexibility index (Phi) is 4.20. The molecule has 2 aromatic heterocycles. The molecular weight excluding hydrogens is 343 g/mol. The van der Waals surface area contributed by atoms with E-state index in [1.54, 1.807) is 16.3 Å². The first-order valence-corrected chi connectivity index (χ1v) is 8.14. The van der Waals surface area contributed by atoms with Crippen molar-refractivity contribution in [3.63, 3.8) is 0 Å². The minimum atomic E-state index is -4.57. The van der Waals surface area contributed by atoms with Crippen LogP contribution >= 0.6 is 11.3 Å². The maximum Gasteiger partial charge on any atom is 0.433 e. The quantitative estimate of drug-likeness (QED) is 0.908. The van der Waals surface area contributed by atoms with Crippen molar-refractivity contribution < 1.29 is 23.1 Å². The lowest BCUT2D eigenvalue weighted by molar-refractivity contribution is -0.141. The van der Waals surface area contributed by atoms with E-state index in [9.17, 15) is 18.0 Å². The number of rotatable bonds is 4. The Morgan fingerprint density at radius 3 is 2.71 bits per heavy atom. The molecule has 0 spiro atoms. The van der Waals surface area contributed by atoms with Gasteiger partial charge in [-0.1, -0.05) is 0 Å². The Balaban J connectivity index is 2.01. The highest BCUT2D eigenvalue weighted by molar-refractivity contribution is 7.10. The molecule has 0 saturated carbocycles. The zero-order valence-electron chi connectivity index (χ0n) is 12.7. The molecule has 1 aliphatic rings. The minimum absolute atomic E-state index is 0.0598. The van der Waals surface area contributed by atoms with Gasteiger partial charge in [-0.3, -0.25) is 4.79 Å². The van der Waals surface area contributed by atoms with Crippen molar-refractivity contribution in [3.8, 4) is 11.3 Å². The molecule has 1 atom stereocenters. The summed E-state index contributed by atoms with van der Waals surface area (Å²) in [5.74, 6) is -0.929. The number of aliphatic carboxylic acids is 1. The summed E-state index contributed by atoms with van der Waals surface area (Å²) < 4.78 is 39.4. The third-order valence-corrected chi connectivity index (χ3v) is 4.79. The maximum absolute atomic E-state index is 13.1. The topological polar surface area (TPSA) is 66.3 Å². The molecule has 3 heterocycles. The number of halogens is 3. The predicted octanol–water partition coefficient (Wildman–Crippen LogP) is 3.45. The average molecular weight is 357 g/mol. The summed E-state index contributed by atoms with van der Waals surface area (Å²) in [6.45, 7) is 2.53. The fourth-order valence-electron chi connectivity index (χ4n) is 2.43. The van der Waals surface area contributed by atoms with Crippen LogP contribution in [0, 0.1) is 0 Å². The molecule has 2 aromatic rings. The number of carboxylic acid groups (broad SMARTS) is 1. The van der Waals surface area contributed by atoms with E-state index in [0.29, 0.717) is 17.0 Å². The summed E-state index contributed by atoms with van der Waals surface area (Å²) in [7, 11) is 0. The second-order valence-electron chi connectivity index (χ2n) is 5.64. The molecule has 1 aliphatic heterocycles. The molecule has 24 heavy (non-hydrogen) atoms. The first-order chi connectivity index (χ1) is 11.2. The number of anilines is 1. The lowest BCUT2D eigenvalue weighted by Crippen LogP contribution is -2.46. The summed E-state index contributed by atoms with van der Waals surface area (Å²) in [6, 6.07) is 2.57. The summed E-state index contributed by atoms with van der Waals surface area (Å²) in [4.78, 5) is 20.9. The van der Waals surface area contributed by atoms with Crippen molar-refractivity contribution in [1.82, 2.24) is 9.97 Å². The Labute approximate surface area is 139 Å². The molecule has 0 unspecified atom stereocenters. The van der Waals surface area contributed by atoms with E-state index in [1.807, 2.05) is 6.92 Å². The molecule has 1 N–H and O–H groups in total. The third kappa shape index (κ3) is 3.35. The largest absolute Gasteiger partial charge is 0.481 e. The Morgan fingerprint density at radius 2 is 2.17 bits per heavy atom. The van der Waals surface area contributed by atoms with Gasteiger partial charge in [-0.2, -0.15) is 13.2 Å². The van der Waals surface area contributed by atoms with Gasteiger partial charge < -0.3 is 10.0 Å². The van der Waals surface area contributed by atoms with Crippen LogP contribution in [0.2, 0.25) is 0 Å². The fourth-order valence-corrected chi connectivity index (χ4v) is 3.30. The monoisotopic (exact) mass is 357 g/mol. The highest BCUT2D eigenvalue weighted by Gasteiger charge is 2.36. The summed E-state index contributed by atoms with van der Waals surface area (Å²) in [5.41, 5.74) is -0.370. The van der Waals surface area contributed by atoms with Crippen LogP contribution in [-0.2, 0) is 17.4 Å². The van der Waals surface area contributed by atoms with Gasteiger partial charge in [0.15, 0.2) is 5.69 Å². The smallest absolute Gasteiger partial charge is 0.433 e. The maximum atomic E-state index is 13.1. The molecule has 5 nitrogen and oxygen atoms in total. The second-order valence-corrected chi connectivity index (χ2v) is 6.64. The number of carbonyl (C=O) groups is 1. The van der Waals surface area contributed by atoms with E-state index in [0.717, 1.165) is 12.5 Å². The molecule has 128 valence electrons. The van der Waals surface area contributed by atoms with Gasteiger partial charge in [0.1, 0.15) is 0 Å². The second kappa shape index (κ2) is 6.04. The van der Waals surface area contributed by atoms with Crippen LogP contribution in [0.1, 0.15) is 23.9 Å². The van der Waals surface area contributed by atoms with Crippen LogP contribution in [0.25, 0.3) is 11.3 Å². The van der Waals surface area contributed by atoms with E-state index in [1.165, 1.54) is 11.3 Å². The number of nitrogens with zero attached hydrogens (tertiary/aromatic N) is 3. The van der Waals surface area contributed by atoms with Crippen LogP contribution in [0.5, 0.6) is 0 Å². The Hall–Kier alpha value is -2.16. The molecule has 0 radical (unpaired) electrons.